The number of aryl methyl sites for hydroxylation is 1. The van der Waals surface area contributed by atoms with E-state index in [2.05, 4.69) is 0 Å². The summed E-state index contributed by atoms with van der Waals surface area (Å²) in [7, 11) is 1.52. The number of fused-ring (bicyclic) bond motifs is 1. The van der Waals surface area contributed by atoms with Gasteiger partial charge in [-0.2, -0.15) is 0 Å². The lowest BCUT2D eigenvalue weighted by Gasteiger charge is -2.09. The summed E-state index contributed by atoms with van der Waals surface area (Å²) in [6.45, 7) is 1.58. The van der Waals surface area contributed by atoms with Crippen molar-refractivity contribution < 1.29 is 23.6 Å². The molecule has 0 spiro atoms. The Balaban J connectivity index is 1.70. The van der Waals surface area contributed by atoms with Gasteiger partial charge >= 0.3 is 11.6 Å². The van der Waals surface area contributed by atoms with E-state index in [1.807, 2.05) is 0 Å². The summed E-state index contributed by atoms with van der Waals surface area (Å²) in [5.41, 5.74) is 1.21. The first-order chi connectivity index (χ1) is 13.9. The topological polar surface area (TPSA) is 109 Å². The minimum absolute atomic E-state index is 0.0477. The van der Waals surface area contributed by atoms with E-state index in [4.69, 9.17) is 13.9 Å². The van der Waals surface area contributed by atoms with Gasteiger partial charge in [0.1, 0.15) is 17.9 Å². The van der Waals surface area contributed by atoms with Crippen LogP contribution in [-0.2, 0) is 22.6 Å². The van der Waals surface area contributed by atoms with Crippen LogP contribution >= 0.6 is 0 Å². The Hall–Kier alpha value is -3.68. The molecule has 3 rings (SSSR count). The van der Waals surface area contributed by atoms with Crippen LogP contribution in [0.25, 0.3) is 11.0 Å². The van der Waals surface area contributed by atoms with Gasteiger partial charge in [-0.05, 0) is 37.1 Å². The molecule has 0 unspecified atom stereocenters. The molecule has 0 amide bonds. The van der Waals surface area contributed by atoms with Crippen molar-refractivity contribution in [3.05, 3.63) is 79.7 Å². The normalized spacial score (nSPS) is 10.7. The van der Waals surface area contributed by atoms with Gasteiger partial charge in [0, 0.05) is 29.5 Å². The van der Waals surface area contributed by atoms with Gasteiger partial charge in [-0.15, -0.1) is 0 Å². The van der Waals surface area contributed by atoms with E-state index in [0.29, 0.717) is 22.5 Å². The second-order valence-corrected chi connectivity index (χ2v) is 6.40. The third-order valence-electron chi connectivity index (χ3n) is 4.65. The molecule has 1 aromatic heterocycles. The molecule has 0 N–H and O–H groups in total. The molecule has 8 nitrogen and oxygen atoms in total. The van der Waals surface area contributed by atoms with E-state index in [1.165, 1.54) is 19.2 Å². The molecule has 2 aromatic carbocycles. The third kappa shape index (κ3) is 4.43. The number of hydrogen-bond acceptors (Lipinski definition) is 7. The Bertz CT molecular complexity index is 1130. The number of rotatable bonds is 7. The fourth-order valence-electron chi connectivity index (χ4n) is 3.06. The first kappa shape index (κ1) is 20.1. The zero-order valence-electron chi connectivity index (χ0n) is 16.0. The molecule has 1 heterocycles. The number of nitro benzene ring substituents is 1. The molecule has 0 aliphatic rings. The average molecular weight is 397 g/mol. The molecule has 0 saturated carbocycles. The monoisotopic (exact) mass is 397 g/mol. The molecule has 0 saturated heterocycles. The summed E-state index contributed by atoms with van der Waals surface area (Å²) >= 11 is 0. The Morgan fingerprint density at radius 1 is 1.21 bits per heavy atom. The van der Waals surface area contributed by atoms with Gasteiger partial charge in [-0.1, -0.05) is 12.1 Å². The zero-order chi connectivity index (χ0) is 21.0. The van der Waals surface area contributed by atoms with Crippen molar-refractivity contribution in [2.24, 2.45) is 0 Å². The fourth-order valence-corrected chi connectivity index (χ4v) is 3.06. The molecule has 0 aliphatic carbocycles. The van der Waals surface area contributed by atoms with Gasteiger partial charge in [-0.25, -0.2) is 4.79 Å². The van der Waals surface area contributed by atoms with Crippen LogP contribution in [0.5, 0.6) is 5.75 Å². The number of hydrogen-bond donors (Lipinski definition) is 0. The summed E-state index contributed by atoms with van der Waals surface area (Å²) in [4.78, 5) is 34.9. The molecule has 3 aromatic rings. The maximum absolute atomic E-state index is 12.3. The van der Waals surface area contributed by atoms with Crippen molar-refractivity contribution in [1.29, 1.82) is 0 Å². The van der Waals surface area contributed by atoms with Crippen LogP contribution in [0.3, 0.4) is 0 Å². The maximum Gasteiger partial charge on any atom is 0.339 e. The van der Waals surface area contributed by atoms with Crippen LogP contribution in [0.1, 0.15) is 23.1 Å². The number of ether oxygens (including phenoxy) is 2. The van der Waals surface area contributed by atoms with Gasteiger partial charge in [-0.3, -0.25) is 14.9 Å². The second kappa shape index (κ2) is 8.55. The maximum atomic E-state index is 12.3. The van der Waals surface area contributed by atoms with Crippen LogP contribution in [-0.4, -0.2) is 18.0 Å². The highest BCUT2D eigenvalue weighted by Crippen LogP contribution is 2.24. The highest BCUT2D eigenvalue weighted by Gasteiger charge is 2.16. The van der Waals surface area contributed by atoms with E-state index in [0.717, 1.165) is 10.9 Å². The summed E-state index contributed by atoms with van der Waals surface area (Å²) in [5.74, 6) is 0.0168. The second-order valence-electron chi connectivity index (χ2n) is 6.40. The molecule has 0 radical (unpaired) electrons. The largest absolute Gasteiger partial charge is 0.497 e. The molecule has 0 fully saturated rings. The molecule has 29 heavy (non-hydrogen) atoms. The Kier molecular flexibility index (Phi) is 5.92. The zero-order valence-corrected chi connectivity index (χ0v) is 16.0. The summed E-state index contributed by atoms with van der Waals surface area (Å²) in [5, 5.41) is 11.8. The van der Waals surface area contributed by atoms with Crippen molar-refractivity contribution in [2.45, 2.75) is 26.4 Å². The molecular formula is C21H19NO7. The van der Waals surface area contributed by atoms with Crippen molar-refractivity contribution in [3.63, 3.8) is 0 Å². The van der Waals surface area contributed by atoms with Crippen LogP contribution in [0.4, 0.5) is 5.69 Å². The lowest BCUT2D eigenvalue weighted by molar-refractivity contribution is -0.385. The van der Waals surface area contributed by atoms with E-state index < -0.39 is 16.5 Å². The van der Waals surface area contributed by atoms with E-state index in [-0.39, 0.29) is 25.1 Å². The van der Waals surface area contributed by atoms with Crippen LogP contribution in [0.15, 0.2) is 51.7 Å². The van der Waals surface area contributed by atoms with Gasteiger partial charge in [0.2, 0.25) is 0 Å². The summed E-state index contributed by atoms with van der Waals surface area (Å²) < 4.78 is 15.6. The van der Waals surface area contributed by atoms with Crippen molar-refractivity contribution in [3.8, 4) is 5.75 Å². The molecule has 0 bridgehead atoms. The van der Waals surface area contributed by atoms with Gasteiger partial charge < -0.3 is 13.9 Å². The SMILES string of the molecule is COc1ccc2c(C)c(CCC(=O)OCc3ccccc3[N+](=O)[O-])c(=O)oc2c1. The number of carbonyl (C=O) groups is 1. The predicted molar refractivity (Wildman–Crippen MR) is 105 cm³/mol. The van der Waals surface area contributed by atoms with Gasteiger partial charge in [0.15, 0.2) is 0 Å². The highest BCUT2D eigenvalue weighted by atomic mass is 16.6. The summed E-state index contributed by atoms with van der Waals surface area (Å²) in [6, 6.07) is 11.2. The highest BCUT2D eigenvalue weighted by molar-refractivity contribution is 5.82. The Morgan fingerprint density at radius 2 is 1.97 bits per heavy atom. The minimum atomic E-state index is -0.559. The number of benzene rings is 2. The predicted octanol–water partition coefficient (Wildman–Crippen LogP) is 3.69. The van der Waals surface area contributed by atoms with Crippen molar-refractivity contribution in [2.75, 3.05) is 7.11 Å². The molecular weight excluding hydrogens is 378 g/mol. The van der Waals surface area contributed by atoms with E-state index in [9.17, 15) is 19.7 Å². The van der Waals surface area contributed by atoms with Crippen LogP contribution < -0.4 is 10.4 Å². The quantitative estimate of drug-likeness (QED) is 0.259. The van der Waals surface area contributed by atoms with Crippen molar-refractivity contribution >= 4 is 22.6 Å². The standard InChI is InChI=1S/C21H19NO7/c1-13-16-8-7-15(27-2)11-19(16)29-21(24)17(13)9-10-20(23)28-12-14-5-3-4-6-18(14)22(25)26/h3-8,11H,9-10,12H2,1-2H3. The first-order valence-electron chi connectivity index (χ1n) is 8.89. The fraction of sp³-hybridized carbons (Fsp3) is 0.238. The Morgan fingerprint density at radius 3 is 2.69 bits per heavy atom. The molecule has 0 atom stereocenters. The van der Waals surface area contributed by atoms with Crippen LogP contribution in [0, 0.1) is 17.0 Å². The molecule has 8 heteroatoms. The lowest BCUT2D eigenvalue weighted by Crippen LogP contribution is -2.14. The minimum Gasteiger partial charge on any atom is -0.497 e. The summed E-state index contributed by atoms with van der Waals surface area (Å²) in [6.07, 6.45) is 0.0970. The molecule has 150 valence electrons. The number of nitrogens with zero attached hydrogens (tertiary/aromatic N) is 1. The van der Waals surface area contributed by atoms with E-state index in [1.54, 1.807) is 37.3 Å². The third-order valence-corrected chi connectivity index (χ3v) is 4.65. The van der Waals surface area contributed by atoms with Gasteiger partial charge in [0.25, 0.3) is 5.69 Å². The number of carbonyl (C=O) groups excluding carboxylic acids is 1. The number of para-hydroxylation sites is 1. The smallest absolute Gasteiger partial charge is 0.339 e. The average Bonchev–Trinajstić information content (AvgIpc) is 2.71. The lowest BCUT2D eigenvalue weighted by atomic mass is 10.0. The number of esters is 1. The van der Waals surface area contributed by atoms with Gasteiger partial charge in [0.05, 0.1) is 17.6 Å². The number of nitro groups is 1. The van der Waals surface area contributed by atoms with Crippen LogP contribution in [0.2, 0.25) is 0 Å². The first-order valence-corrected chi connectivity index (χ1v) is 8.89. The Labute approximate surface area is 165 Å². The molecule has 0 aliphatic heterocycles. The number of methoxy groups -OCH3 is 1. The van der Waals surface area contributed by atoms with E-state index >= 15 is 0 Å². The van der Waals surface area contributed by atoms with Crippen molar-refractivity contribution in [1.82, 2.24) is 0 Å².